The Kier molecular flexibility index (Phi) is 6.38. The summed E-state index contributed by atoms with van der Waals surface area (Å²) < 4.78 is 27.0. The number of hydrogen-bond acceptors (Lipinski definition) is 2. The van der Waals surface area contributed by atoms with E-state index < -0.39 is 17.7 Å². The molecule has 0 radical (unpaired) electrons. The third kappa shape index (κ3) is 4.25. The molecule has 1 rings (SSSR count). The molecule has 2 unspecified atom stereocenters. The van der Waals surface area contributed by atoms with Gasteiger partial charge in [-0.25, -0.2) is 8.78 Å². The summed E-state index contributed by atoms with van der Waals surface area (Å²) in [5.41, 5.74) is -0.258. The summed E-state index contributed by atoms with van der Waals surface area (Å²) in [6, 6.07) is 3.82. The molecule has 108 valence electrons. The summed E-state index contributed by atoms with van der Waals surface area (Å²) in [6.07, 6.45) is 0.905. The lowest BCUT2D eigenvalue weighted by atomic mass is 9.95. The van der Waals surface area contributed by atoms with Crippen LogP contribution in [0.5, 0.6) is 0 Å². The largest absolute Gasteiger partial charge is 0.387 e. The van der Waals surface area contributed by atoms with Gasteiger partial charge in [0.15, 0.2) is 0 Å². The van der Waals surface area contributed by atoms with Gasteiger partial charge in [0.2, 0.25) is 0 Å². The second kappa shape index (κ2) is 7.56. The first kappa shape index (κ1) is 16.1. The van der Waals surface area contributed by atoms with E-state index in [0.717, 1.165) is 25.0 Å². The highest BCUT2D eigenvalue weighted by Gasteiger charge is 2.19. The Bertz CT molecular complexity index is 373. The molecule has 19 heavy (non-hydrogen) atoms. The molecule has 0 aliphatic heterocycles. The molecule has 0 spiro atoms. The zero-order chi connectivity index (χ0) is 14.4. The van der Waals surface area contributed by atoms with Crippen LogP contribution in [0.25, 0.3) is 0 Å². The van der Waals surface area contributed by atoms with Gasteiger partial charge in [-0.2, -0.15) is 0 Å². The minimum Gasteiger partial charge on any atom is -0.387 e. The first-order valence-electron chi connectivity index (χ1n) is 6.86. The van der Waals surface area contributed by atoms with Crippen LogP contribution in [-0.2, 0) is 0 Å². The molecule has 0 saturated carbocycles. The Balaban J connectivity index is 2.63. The molecule has 0 aliphatic carbocycles. The smallest absolute Gasteiger partial charge is 0.131 e. The van der Waals surface area contributed by atoms with Gasteiger partial charge in [-0.3, -0.25) is 0 Å². The molecule has 2 N–H and O–H groups in total. The Labute approximate surface area is 113 Å². The predicted molar refractivity (Wildman–Crippen MR) is 72.9 cm³/mol. The van der Waals surface area contributed by atoms with Gasteiger partial charge in [0.05, 0.1) is 11.7 Å². The standard InChI is InChI=1S/C15H23F2NO/c1-4-11(5-2)10(3)18-9-14(19)15-12(16)7-6-8-13(15)17/h6-8,10-11,14,18-19H,4-5,9H2,1-3H3. The van der Waals surface area contributed by atoms with Crippen LogP contribution in [0.3, 0.4) is 0 Å². The molecule has 2 nitrogen and oxygen atoms in total. The lowest BCUT2D eigenvalue weighted by Gasteiger charge is -2.24. The van der Waals surface area contributed by atoms with E-state index >= 15 is 0 Å². The molecule has 0 heterocycles. The van der Waals surface area contributed by atoms with Gasteiger partial charge < -0.3 is 10.4 Å². The van der Waals surface area contributed by atoms with Crippen molar-refractivity contribution in [1.29, 1.82) is 0 Å². The number of halogens is 2. The normalized spacial score (nSPS) is 14.7. The monoisotopic (exact) mass is 271 g/mol. The first-order chi connectivity index (χ1) is 9.01. The fraction of sp³-hybridized carbons (Fsp3) is 0.600. The number of benzene rings is 1. The highest BCUT2D eigenvalue weighted by atomic mass is 19.1. The Morgan fingerprint density at radius 2 is 1.68 bits per heavy atom. The van der Waals surface area contributed by atoms with Crippen molar-refractivity contribution < 1.29 is 13.9 Å². The van der Waals surface area contributed by atoms with Crippen LogP contribution in [0.15, 0.2) is 18.2 Å². The van der Waals surface area contributed by atoms with Crippen LogP contribution >= 0.6 is 0 Å². The van der Waals surface area contributed by atoms with E-state index in [-0.39, 0.29) is 18.2 Å². The van der Waals surface area contributed by atoms with Gasteiger partial charge in [0, 0.05) is 12.6 Å². The van der Waals surface area contributed by atoms with Gasteiger partial charge in [-0.05, 0) is 25.0 Å². The lowest BCUT2D eigenvalue weighted by Crippen LogP contribution is -2.36. The molecule has 4 heteroatoms. The maximum Gasteiger partial charge on any atom is 0.131 e. The van der Waals surface area contributed by atoms with E-state index in [4.69, 9.17) is 0 Å². The van der Waals surface area contributed by atoms with Gasteiger partial charge in [-0.1, -0.05) is 32.8 Å². The highest BCUT2D eigenvalue weighted by molar-refractivity contribution is 5.22. The summed E-state index contributed by atoms with van der Waals surface area (Å²) in [4.78, 5) is 0. The Morgan fingerprint density at radius 3 is 2.16 bits per heavy atom. The van der Waals surface area contributed by atoms with Gasteiger partial charge in [-0.15, -0.1) is 0 Å². The maximum atomic E-state index is 13.5. The van der Waals surface area contributed by atoms with Crippen molar-refractivity contribution in [2.45, 2.75) is 45.8 Å². The third-order valence-electron chi connectivity index (χ3n) is 3.72. The summed E-state index contributed by atoms with van der Waals surface area (Å²) >= 11 is 0. The SMILES string of the molecule is CCC(CC)C(C)NCC(O)c1c(F)cccc1F. The zero-order valence-electron chi connectivity index (χ0n) is 11.8. The minimum atomic E-state index is -1.17. The lowest BCUT2D eigenvalue weighted by molar-refractivity contribution is 0.155. The van der Waals surface area contributed by atoms with E-state index in [9.17, 15) is 13.9 Å². The molecule has 0 aromatic heterocycles. The number of nitrogens with one attached hydrogen (secondary N) is 1. The quantitative estimate of drug-likeness (QED) is 0.796. The predicted octanol–water partition coefficient (Wildman–Crippen LogP) is 3.41. The molecule has 0 bridgehead atoms. The fourth-order valence-corrected chi connectivity index (χ4v) is 2.39. The first-order valence-corrected chi connectivity index (χ1v) is 6.86. The zero-order valence-corrected chi connectivity index (χ0v) is 11.8. The third-order valence-corrected chi connectivity index (χ3v) is 3.72. The Hall–Kier alpha value is -1.00. The maximum absolute atomic E-state index is 13.5. The van der Waals surface area contributed by atoms with Crippen LogP contribution in [0.4, 0.5) is 8.78 Å². The fourth-order valence-electron chi connectivity index (χ4n) is 2.39. The molecule has 0 aliphatic rings. The van der Waals surface area contributed by atoms with Crippen molar-refractivity contribution in [3.63, 3.8) is 0 Å². The number of rotatable bonds is 7. The molecule has 1 aromatic rings. The highest BCUT2D eigenvalue weighted by Crippen LogP contribution is 2.21. The van der Waals surface area contributed by atoms with Crippen molar-refractivity contribution in [3.05, 3.63) is 35.4 Å². The van der Waals surface area contributed by atoms with Gasteiger partial charge >= 0.3 is 0 Å². The molecule has 2 atom stereocenters. The van der Waals surface area contributed by atoms with Gasteiger partial charge in [0.25, 0.3) is 0 Å². The van der Waals surface area contributed by atoms with Crippen molar-refractivity contribution in [3.8, 4) is 0 Å². The van der Waals surface area contributed by atoms with Crippen molar-refractivity contribution >= 4 is 0 Å². The number of aliphatic hydroxyl groups excluding tert-OH is 1. The minimum absolute atomic E-state index is 0.148. The topological polar surface area (TPSA) is 32.3 Å². The summed E-state index contributed by atoms with van der Waals surface area (Å²) in [6.45, 7) is 6.40. The molecule has 0 saturated heterocycles. The van der Waals surface area contributed by atoms with Crippen molar-refractivity contribution in [2.75, 3.05) is 6.54 Å². The summed E-state index contributed by atoms with van der Waals surface area (Å²) in [5.74, 6) is -0.911. The molecule has 0 amide bonds. The average Bonchev–Trinajstić information content (AvgIpc) is 2.37. The summed E-state index contributed by atoms with van der Waals surface area (Å²) in [7, 11) is 0. The molecule has 0 fully saturated rings. The summed E-state index contributed by atoms with van der Waals surface area (Å²) in [5, 5.41) is 13.1. The number of hydrogen-bond donors (Lipinski definition) is 2. The second-order valence-electron chi connectivity index (χ2n) is 4.92. The van der Waals surface area contributed by atoms with Crippen LogP contribution < -0.4 is 5.32 Å². The van der Waals surface area contributed by atoms with E-state index in [1.807, 2.05) is 6.92 Å². The van der Waals surface area contributed by atoms with E-state index in [0.29, 0.717) is 5.92 Å². The van der Waals surface area contributed by atoms with Crippen LogP contribution in [0.2, 0.25) is 0 Å². The van der Waals surface area contributed by atoms with Crippen LogP contribution in [-0.4, -0.2) is 17.7 Å². The van der Waals surface area contributed by atoms with E-state index in [1.54, 1.807) is 0 Å². The van der Waals surface area contributed by atoms with Crippen molar-refractivity contribution in [2.24, 2.45) is 5.92 Å². The molecular formula is C15H23F2NO. The average molecular weight is 271 g/mol. The molecule has 1 aromatic carbocycles. The van der Waals surface area contributed by atoms with Crippen LogP contribution in [0.1, 0.15) is 45.3 Å². The van der Waals surface area contributed by atoms with Gasteiger partial charge in [0.1, 0.15) is 11.6 Å². The van der Waals surface area contributed by atoms with Crippen LogP contribution in [0, 0.1) is 17.6 Å². The number of aliphatic hydroxyl groups is 1. The second-order valence-corrected chi connectivity index (χ2v) is 4.92. The Morgan fingerprint density at radius 1 is 1.16 bits per heavy atom. The van der Waals surface area contributed by atoms with E-state index in [2.05, 4.69) is 19.2 Å². The van der Waals surface area contributed by atoms with Crippen molar-refractivity contribution in [1.82, 2.24) is 5.32 Å². The van der Waals surface area contributed by atoms with E-state index in [1.165, 1.54) is 6.07 Å². The molecular weight excluding hydrogens is 248 g/mol.